The third kappa shape index (κ3) is 5.73. The fraction of sp³-hybridized carbons (Fsp3) is 0.316. The van der Waals surface area contributed by atoms with E-state index in [4.69, 9.17) is 32.7 Å². The Labute approximate surface area is 168 Å². The number of carbonyl (C=O) groups is 1. The number of halogens is 2. The van der Waals surface area contributed by atoms with E-state index in [0.29, 0.717) is 27.3 Å². The highest BCUT2D eigenvalue weighted by Gasteiger charge is 2.15. The number of hydrogen-bond donors (Lipinski definition) is 1. The third-order valence-electron chi connectivity index (χ3n) is 3.77. The molecule has 26 heavy (non-hydrogen) atoms. The molecule has 0 aromatic heterocycles. The lowest BCUT2D eigenvalue weighted by atomic mass is 10.1. The maximum Gasteiger partial charge on any atom is 0.230 e. The standard InChI is InChI=1S/C19H21Cl2NO3S/c1-12(15-9-14(24-2)5-7-18(15)25-3)22-19(23)11-26-10-13-4-6-16(20)17(21)8-13/h4-9,12H,10-11H2,1-3H3,(H,22,23)/t12-/m1/s1. The van der Waals surface area contributed by atoms with Crippen LogP contribution in [-0.2, 0) is 10.5 Å². The Morgan fingerprint density at radius 3 is 2.54 bits per heavy atom. The molecule has 0 spiro atoms. The van der Waals surface area contributed by atoms with Crippen molar-refractivity contribution in [3.63, 3.8) is 0 Å². The van der Waals surface area contributed by atoms with Crippen LogP contribution in [0.1, 0.15) is 24.1 Å². The smallest absolute Gasteiger partial charge is 0.230 e. The summed E-state index contributed by atoms with van der Waals surface area (Å²) in [5.74, 6) is 2.41. The van der Waals surface area contributed by atoms with Crippen molar-refractivity contribution in [2.75, 3.05) is 20.0 Å². The Kier molecular flexibility index (Phi) is 7.94. The summed E-state index contributed by atoms with van der Waals surface area (Å²) in [6.45, 7) is 1.92. The van der Waals surface area contributed by atoms with E-state index in [1.807, 2.05) is 37.3 Å². The third-order valence-corrected chi connectivity index (χ3v) is 5.51. The van der Waals surface area contributed by atoms with E-state index in [2.05, 4.69) is 5.32 Å². The van der Waals surface area contributed by atoms with Crippen molar-refractivity contribution in [3.8, 4) is 11.5 Å². The van der Waals surface area contributed by atoms with E-state index in [9.17, 15) is 4.79 Å². The summed E-state index contributed by atoms with van der Waals surface area (Å²) >= 11 is 13.4. The van der Waals surface area contributed by atoms with Crippen molar-refractivity contribution in [3.05, 3.63) is 57.6 Å². The molecular formula is C19H21Cl2NO3S. The minimum absolute atomic E-state index is 0.0487. The van der Waals surface area contributed by atoms with Crippen LogP contribution in [0, 0.1) is 0 Å². The summed E-state index contributed by atoms with van der Waals surface area (Å²) in [7, 11) is 3.21. The Bertz CT molecular complexity index is 770. The van der Waals surface area contributed by atoms with E-state index in [0.717, 1.165) is 16.9 Å². The Morgan fingerprint density at radius 2 is 1.88 bits per heavy atom. The first-order valence-corrected chi connectivity index (χ1v) is 9.88. The molecule has 0 saturated heterocycles. The maximum absolute atomic E-state index is 12.2. The second-order valence-electron chi connectivity index (χ2n) is 5.64. The van der Waals surface area contributed by atoms with E-state index in [1.165, 1.54) is 11.8 Å². The molecule has 2 aromatic rings. The molecule has 140 valence electrons. The van der Waals surface area contributed by atoms with Crippen molar-refractivity contribution in [2.24, 2.45) is 0 Å². The second kappa shape index (κ2) is 9.95. The average molecular weight is 414 g/mol. The number of rotatable bonds is 8. The summed E-state index contributed by atoms with van der Waals surface area (Å²) < 4.78 is 10.6. The van der Waals surface area contributed by atoms with Crippen molar-refractivity contribution in [1.82, 2.24) is 5.32 Å². The largest absolute Gasteiger partial charge is 0.497 e. The normalized spacial score (nSPS) is 11.7. The van der Waals surface area contributed by atoms with Gasteiger partial charge in [0.1, 0.15) is 11.5 Å². The van der Waals surface area contributed by atoms with Crippen molar-refractivity contribution < 1.29 is 14.3 Å². The van der Waals surface area contributed by atoms with Crippen LogP contribution in [0.2, 0.25) is 10.0 Å². The van der Waals surface area contributed by atoms with Gasteiger partial charge in [-0.1, -0.05) is 29.3 Å². The van der Waals surface area contributed by atoms with E-state index < -0.39 is 0 Å². The molecule has 1 amide bonds. The van der Waals surface area contributed by atoms with Gasteiger partial charge in [0, 0.05) is 11.3 Å². The molecule has 0 aliphatic carbocycles. The Morgan fingerprint density at radius 1 is 1.12 bits per heavy atom. The number of hydrogen-bond acceptors (Lipinski definition) is 4. The molecule has 0 aliphatic heterocycles. The molecule has 0 saturated carbocycles. The molecule has 0 radical (unpaired) electrons. The number of carbonyl (C=O) groups excluding carboxylic acids is 1. The SMILES string of the molecule is COc1ccc(OC)c([C@@H](C)NC(=O)CSCc2ccc(Cl)c(Cl)c2)c1. The minimum atomic E-state index is -0.196. The number of amides is 1. The molecule has 4 nitrogen and oxygen atoms in total. The lowest BCUT2D eigenvalue weighted by Gasteiger charge is -2.18. The minimum Gasteiger partial charge on any atom is -0.497 e. The van der Waals surface area contributed by atoms with Crippen LogP contribution in [0.25, 0.3) is 0 Å². The first-order valence-electron chi connectivity index (χ1n) is 7.97. The second-order valence-corrected chi connectivity index (χ2v) is 7.44. The molecule has 1 N–H and O–H groups in total. The first-order chi connectivity index (χ1) is 12.4. The van der Waals surface area contributed by atoms with Crippen LogP contribution in [0.3, 0.4) is 0 Å². The van der Waals surface area contributed by atoms with Gasteiger partial charge in [-0.05, 0) is 42.8 Å². The van der Waals surface area contributed by atoms with Gasteiger partial charge in [-0.25, -0.2) is 0 Å². The van der Waals surface area contributed by atoms with Crippen molar-refractivity contribution in [2.45, 2.75) is 18.7 Å². The molecule has 0 unspecified atom stereocenters. The highest BCUT2D eigenvalue weighted by atomic mass is 35.5. The molecule has 7 heteroatoms. The quantitative estimate of drug-likeness (QED) is 0.651. The summed E-state index contributed by atoms with van der Waals surface area (Å²) in [5, 5.41) is 4.03. The van der Waals surface area contributed by atoms with Crippen LogP contribution in [0.4, 0.5) is 0 Å². The lowest BCUT2D eigenvalue weighted by Crippen LogP contribution is -2.28. The van der Waals surface area contributed by atoms with Crippen molar-refractivity contribution in [1.29, 1.82) is 0 Å². The molecule has 0 heterocycles. The number of methoxy groups -OCH3 is 2. The molecular weight excluding hydrogens is 393 g/mol. The van der Waals surface area contributed by atoms with Gasteiger partial charge in [-0.3, -0.25) is 4.79 Å². The Hall–Kier alpha value is -1.56. The van der Waals surface area contributed by atoms with E-state index in [1.54, 1.807) is 20.3 Å². The fourth-order valence-electron chi connectivity index (χ4n) is 2.43. The van der Waals surface area contributed by atoms with Crippen LogP contribution >= 0.6 is 35.0 Å². The number of thioether (sulfide) groups is 1. The van der Waals surface area contributed by atoms with Crippen LogP contribution in [0.5, 0.6) is 11.5 Å². The molecule has 2 aromatic carbocycles. The number of ether oxygens (including phenoxy) is 2. The summed E-state index contributed by atoms with van der Waals surface area (Å²) in [5.41, 5.74) is 1.90. The molecule has 2 rings (SSSR count). The molecule has 1 atom stereocenters. The zero-order chi connectivity index (χ0) is 19.1. The average Bonchev–Trinajstić information content (AvgIpc) is 2.64. The molecule has 0 aliphatic rings. The number of nitrogens with one attached hydrogen (secondary N) is 1. The van der Waals surface area contributed by atoms with Crippen LogP contribution < -0.4 is 14.8 Å². The maximum atomic E-state index is 12.2. The summed E-state index contributed by atoms with van der Waals surface area (Å²) in [6, 6.07) is 10.8. The molecule has 0 fully saturated rings. The summed E-state index contributed by atoms with van der Waals surface area (Å²) in [6.07, 6.45) is 0. The highest BCUT2D eigenvalue weighted by molar-refractivity contribution is 7.99. The summed E-state index contributed by atoms with van der Waals surface area (Å²) in [4.78, 5) is 12.2. The topological polar surface area (TPSA) is 47.6 Å². The zero-order valence-electron chi connectivity index (χ0n) is 14.8. The van der Waals surface area contributed by atoms with Gasteiger partial charge in [-0.15, -0.1) is 11.8 Å². The van der Waals surface area contributed by atoms with Gasteiger partial charge >= 0.3 is 0 Å². The lowest BCUT2D eigenvalue weighted by molar-refractivity contribution is -0.119. The monoisotopic (exact) mass is 413 g/mol. The Balaban J connectivity index is 1.90. The van der Waals surface area contributed by atoms with E-state index in [-0.39, 0.29) is 11.9 Å². The predicted molar refractivity (Wildman–Crippen MR) is 109 cm³/mol. The van der Waals surface area contributed by atoms with Gasteiger partial charge in [0.05, 0.1) is 36.1 Å². The zero-order valence-corrected chi connectivity index (χ0v) is 17.2. The van der Waals surface area contributed by atoms with Crippen LogP contribution in [-0.4, -0.2) is 25.9 Å². The molecule has 0 bridgehead atoms. The fourth-order valence-corrected chi connectivity index (χ4v) is 3.54. The highest BCUT2D eigenvalue weighted by Crippen LogP contribution is 2.29. The van der Waals surface area contributed by atoms with Gasteiger partial charge in [0.15, 0.2) is 0 Å². The first kappa shape index (κ1) is 20.7. The van der Waals surface area contributed by atoms with Gasteiger partial charge in [0.25, 0.3) is 0 Å². The van der Waals surface area contributed by atoms with E-state index >= 15 is 0 Å². The van der Waals surface area contributed by atoms with Crippen molar-refractivity contribution >= 4 is 40.9 Å². The number of benzene rings is 2. The van der Waals surface area contributed by atoms with Gasteiger partial charge in [0.2, 0.25) is 5.91 Å². The van der Waals surface area contributed by atoms with Gasteiger partial charge < -0.3 is 14.8 Å². The van der Waals surface area contributed by atoms with Crippen LogP contribution in [0.15, 0.2) is 36.4 Å². The van der Waals surface area contributed by atoms with Gasteiger partial charge in [-0.2, -0.15) is 0 Å². The predicted octanol–water partition coefficient (Wildman–Crippen LogP) is 5.12.